The van der Waals surface area contributed by atoms with Crippen molar-refractivity contribution < 1.29 is 13.2 Å². The van der Waals surface area contributed by atoms with Crippen molar-refractivity contribution in [3.8, 4) is 0 Å². The molecule has 0 unspecified atom stereocenters. The number of hydrogen-bond acceptors (Lipinski definition) is 3. The number of rotatable bonds is 3. The summed E-state index contributed by atoms with van der Waals surface area (Å²) in [5, 5.41) is 5.04. The second kappa shape index (κ2) is 4.46. The van der Waals surface area contributed by atoms with Gasteiger partial charge in [0.15, 0.2) is 0 Å². The highest BCUT2D eigenvalue weighted by Gasteiger charge is 2.12. The fourth-order valence-corrected chi connectivity index (χ4v) is 1.89. The van der Waals surface area contributed by atoms with Gasteiger partial charge in [-0.05, 0) is 24.6 Å². The van der Waals surface area contributed by atoms with Crippen LogP contribution >= 0.6 is 0 Å². The average molecular weight is 240 g/mol. The van der Waals surface area contributed by atoms with Crippen molar-refractivity contribution in [2.45, 2.75) is 11.8 Å². The summed E-state index contributed by atoms with van der Waals surface area (Å²) in [4.78, 5) is 10.8. The molecular formula is C10H12N2O3S. The molecule has 86 valence electrons. The maximum absolute atomic E-state index is 11.2. The van der Waals surface area contributed by atoms with Crippen LogP contribution in [0.5, 0.6) is 0 Å². The van der Waals surface area contributed by atoms with Gasteiger partial charge >= 0.3 is 0 Å². The van der Waals surface area contributed by atoms with Crippen LogP contribution in [0.3, 0.4) is 0 Å². The van der Waals surface area contributed by atoms with Crippen LogP contribution in [0.15, 0.2) is 34.7 Å². The monoisotopic (exact) mass is 240 g/mol. The maximum Gasteiger partial charge on any atom is 0.244 e. The van der Waals surface area contributed by atoms with E-state index in [2.05, 4.69) is 0 Å². The summed E-state index contributed by atoms with van der Waals surface area (Å²) in [5.41, 5.74) is 5.66. The summed E-state index contributed by atoms with van der Waals surface area (Å²) in [6.45, 7) is 1.50. The Morgan fingerprint density at radius 1 is 1.31 bits per heavy atom. The first-order valence-electron chi connectivity index (χ1n) is 4.42. The maximum atomic E-state index is 11.2. The molecule has 0 heterocycles. The second-order valence-corrected chi connectivity index (χ2v) is 4.80. The summed E-state index contributed by atoms with van der Waals surface area (Å²) < 4.78 is 22.5. The highest BCUT2D eigenvalue weighted by Crippen LogP contribution is 2.16. The molecule has 1 amide bonds. The Hall–Kier alpha value is -1.66. The van der Waals surface area contributed by atoms with Gasteiger partial charge in [-0.2, -0.15) is 0 Å². The minimum Gasteiger partial charge on any atom is -0.366 e. The van der Waals surface area contributed by atoms with Crippen LogP contribution in [0.4, 0.5) is 0 Å². The zero-order valence-electron chi connectivity index (χ0n) is 8.67. The standard InChI is InChI=1S/C10H12N2O3S/c1-7(10(11)13)6-8-4-2-3-5-9(8)16(12,14)15/h2-6H,1H3,(H2,11,13)(H2,12,14,15). The summed E-state index contributed by atoms with van der Waals surface area (Å²) >= 11 is 0. The van der Waals surface area contributed by atoms with E-state index >= 15 is 0 Å². The second-order valence-electron chi connectivity index (χ2n) is 3.27. The molecule has 1 rings (SSSR count). The molecule has 16 heavy (non-hydrogen) atoms. The molecular weight excluding hydrogens is 228 g/mol. The van der Waals surface area contributed by atoms with Crippen LogP contribution in [0, 0.1) is 0 Å². The minimum atomic E-state index is -3.80. The summed E-state index contributed by atoms with van der Waals surface area (Å²) in [5.74, 6) is -0.607. The molecule has 0 aliphatic heterocycles. The molecule has 0 atom stereocenters. The predicted octanol–water partition coefficient (Wildman–Crippen LogP) is 0.223. The first-order valence-corrected chi connectivity index (χ1v) is 5.97. The highest BCUT2D eigenvalue weighted by molar-refractivity contribution is 7.89. The third-order valence-corrected chi connectivity index (χ3v) is 2.97. The zero-order valence-corrected chi connectivity index (χ0v) is 9.49. The fourth-order valence-electron chi connectivity index (χ4n) is 1.16. The molecule has 6 heteroatoms. The molecule has 0 aliphatic rings. The van der Waals surface area contributed by atoms with Crippen LogP contribution in [-0.2, 0) is 14.8 Å². The zero-order chi connectivity index (χ0) is 12.3. The molecule has 0 aliphatic carbocycles. The number of primary amides is 1. The van der Waals surface area contributed by atoms with Gasteiger partial charge in [0.1, 0.15) is 0 Å². The number of benzene rings is 1. The van der Waals surface area contributed by atoms with E-state index in [0.717, 1.165) is 0 Å². The lowest BCUT2D eigenvalue weighted by molar-refractivity contribution is -0.114. The minimum absolute atomic E-state index is 0.0319. The summed E-state index contributed by atoms with van der Waals surface area (Å²) in [7, 11) is -3.80. The first-order chi connectivity index (χ1) is 7.32. The van der Waals surface area contributed by atoms with Crippen LogP contribution in [0.25, 0.3) is 6.08 Å². The number of primary sulfonamides is 1. The molecule has 0 radical (unpaired) electrons. The molecule has 1 aromatic rings. The lowest BCUT2D eigenvalue weighted by Gasteiger charge is -2.03. The van der Waals surface area contributed by atoms with E-state index in [1.807, 2.05) is 0 Å². The van der Waals surface area contributed by atoms with Crippen molar-refractivity contribution in [2.24, 2.45) is 10.9 Å². The Bertz CT molecular complexity index is 547. The van der Waals surface area contributed by atoms with Gasteiger partial charge < -0.3 is 5.73 Å². The van der Waals surface area contributed by atoms with Crippen LogP contribution in [-0.4, -0.2) is 14.3 Å². The summed E-state index contributed by atoms with van der Waals surface area (Å²) in [6, 6.07) is 6.12. The Morgan fingerprint density at radius 2 is 1.88 bits per heavy atom. The van der Waals surface area contributed by atoms with Gasteiger partial charge in [-0.1, -0.05) is 18.2 Å². The van der Waals surface area contributed by atoms with Gasteiger partial charge in [-0.25, -0.2) is 13.6 Å². The third kappa shape index (κ3) is 2.91. The molecule has 0 saturated heterocycles. The van der Waals surface area contributed by atoms with Gasteiger partial charge in [-0.15, -0.1) is 0 Å². The van der Waals surface area contributed by atoms with E-state index in [0.29, 0.717) is 5.56 Å². The summed E-state index contributed by atoms with van der Waals surface area (Å²) in [6.07, 6.45) is 1.39. The smallest absolute Gasteiger partial charge is 0.244 e. The van der Waals surface area contributed by atoms with Crippen LogP contribution < -0.4 is 10.9 Å². The fraction of sp³-hybridized carbons (Fsp3) is 0.100. The van der Waals surface area contributed by atoms with Gasteiger partial charge in [0.25, 0.3) is 0 Å². The Labute approximate surface area is 93.8 Å². The number of amides is 1. The molecule has 5 nitrogen and oxygen atoms in total. The number of carbonyl (C=O) groups excluding carboxylic acids is 1. The normalized spacial score (nSPS) is 12.5. The van der Waals surface area contributed by atoms with Gasteiger partial charge in [0.2, 0.25) is 15.9 Å². The molecule has 0 fully saturated rings. The van der Waals surface area contributed by atoms with Crippen molar-refractivity contribution in [2.75, 3.05) is 0 Å². The molecule has 1 aromatic carbocycles. The van der Waals surface area contributed by atoms with Crippen molar-refractivity contribution in [3.05, 3.63) is 35.4 Å². The Kier molecular flexibility index (Phi) is 3.46. The first kappa shape index (κ1) is 12.4. The van der Waals surface area contributed by atoms with Gasteiger partial charge in [0, 0.05) is 5.57 Å². The van der Waals surface area contributed by atoms with Gasteiger partial charge in [-0.3, -0.25) is 4.79 Å². The van der Waals surface area contributed by atoms with E-state index in [-0.39, 0.29) is 10.5 Å². The Balaban J connectivity index is 3.37. The van der Waals surface area contributed by atoms with Crippen molar-refractivity contribution in [3.63, 3.8) is 0 Å². The van der Waals surface area contributed by atoms with Crippen molar-refractivity contribution in [1.82, 2.24) is 0 Å². The largest absolute Gasteiger partial charge is 0.366 e. The Morgan fingerprint density at radius 3 is 2.38 bits per heavy atom. The van der Waals surface area contributed by atoms with Crippen LogP contribution in [0.1, 0.15) is 12.5 Å². The quantitative estimate of drug-likeness (QED) is 0.738. The predicted molar refractivity (Wildman–Crippen MR) is 60.7 cm³/mol. The van der Waals surface area contributed by atoms with Gasteiger partial charge in [0.05, 0.1) is 4.90 Å². The third-order valence-electron chi connectivity index (χ3n) is 1.99. The number of carbonyl (C=O) groups is 1. The van der Waals surface area contributed by atoms with E-state index in [9.17, 15) is 13.2 Å². The SMILES string of the molecule is CC(=Cc1ccccc1S(N)(=O)=O)C(N)=O. The van der Waals surface area contributed by atoms with Crippen molar-refractivity contribution >= 4 is 22.0 Å². The molecule has 0 saturated carbocycles. The molecule has 0 bridgehead atoms. The topological polar surface area (TPSA) is 103 Å². The lowest BCUT2D eigenvalue weighted by atomic mass is 10.1. The lowest BCUT2D eigenvalue weighted by Crippen LogP contribution is -2.14. The van der Waals surface area contributed by atoms with E-state index < -0.39 is 15.9 Å². The van der Waals surface area contributed by atoms with Crippen molar-refractivity contribution in [1.29, 1.82) is 0 Å². The number of nitrogens with two attached hydrogens (primary N) is 2. The number of hydrogen-bond donors (Lipinski definition) is 2. The molecule has 4 N–H and O–H groups in total. The average Bonchev–Trinajstić information content (AvgIpc) is 2.16. The van der Waals surface area contributed by atoms with Crippen LogP contribution in [0.2, 0.25) is 0 Å². The van der Waals surface area contributed by atoms with E-state index in [1.165, 1.54) is 19.1 Å². The number of sulfonamides is 1. The molecule has 0 aromatic heterocycles. The molecule has 0 spiro atoms. The highest BCUT2D eigenvalue weighted by atomic mass is 32.2. The van der Waals surface area contributed by atoms with E-state index in [4.69, 9.17) is 10.9 Å². The van der Waals surface area contributed by atoms with E-state index in [1.54, 1.807) is 18.2 Å².